The highest BCUT2D eigenvalue weighted by atomic mass is 16.7. The average Bonchev–Trinajstić information content (AvgIpc) is 3.53. The van der Waals surface area contributed by atoms with Crippen LogP contribution in [0, 0.1) is 0 Å². The van der Waals surface area contributed by atoms with Gasteiger partial charge in [-0.1, -0.05) is 121 Å². The minimum Gasteiger partial charge on any atom is -0.467 e. The summed E-state index contributed by atoms with van der Waals surface area (Å²) in [5, 5.41) is 0. The molecule has 4 aromatic rings. The molecule has 222 valence electrons. The van der Waals surface area contributed by atoms with Crippen LogP contribution in [0.25, 0.3) is 0 Å². The molecule has 2 aliphatic heterocycles. The van der Waals surface area contributed by atoms with Crippen molar-refractivity contribution >= 4 is 0 Å². The highest BCUT2D eigenvalue weighted by Gasteiger charge is 2.59. The largest absolute Gasteiger partial charge is 0.467 e. The molecule has 43 heavy (non-hydrogen) atoms. The Morgan fingerprint density at radius 2 is 1.02 bits per heavy atom. The van der Waals surface area contributed by atoms with Gasteiger partial charge in [0.25, 0.3) is 0 Å². The zero-order valence-corrected chi connectivity index (χ0v) is 24.2. The summed E-state index contributed by atoms with van der Waals surface area (Å²) in [6, 6.07) is 40.5. The minimum atomic E-state index is -1.07. The van der Waals surface area contributed by atoms with Crippen molar-refractivity contribution in [3.8, 4) is 0 Å². The zero-order valence-electron chi connectivity index (χ0n) is 24.2. The van der Waals surface area contributed by atoms with Crippen LogP contribution in [0.15, 0.2) is 134 Å². The van der Waals surface area contributed by atoms with Crippen molar-refractivity contribution in [2.75, 3.05) is 6.61 Å². The lowest BCUT2D eigenvalue weighted by molar-refractivity contribution is -0.365. The van der Waals surface area contributed by atoms with Gasteiger partial charge in [0.2, 0.25) is 5.79 Å². The molecule has 0 amide bonds. The number of rotatable bonds is 13. The van der Waals surface area contributed by atoms with Gasteiger partial charge >= 0.3 is 0 Å². The molecule has 4 aromatic carbocycles. The quantitative estimate of drug-likeness (QED) is 0.171. The molecule has 0 bridgehead atoms. The van der Waals surface area contributed by atoms with E-state index >= 15 is 0 Å². The summed E-state index contributed by atoms with van der Waals surface area (Å²) in [7, 11) is 0. The van der Waals surface area contributed by atoms with Crippen LogP contribution in [0.4, 0.5) is 0 Å². The van der Waals surface area contributed by atoms with E-state index in [0.29, 0.717) is 39.5 Å². The van der Waals surface area contributed by atoms with Gasteiger partial charge in [0, 0.05) is 6.42 Å². The fourth-order valence-corrected chi connectivity index (χ4v) is 5.60. The van der Waals surface area contributed by atoms with Crippen molar-refractivity contribution in [3.63, 3.8) is 0 Å². The fraction of sp³-hybridized carbons (Fsp3) is 0.297. The molecule has 2 aliphatic rings. The summed E-state index contributed by atoms with van der Waals surface area (Å²) >= 11 is 0. The van der Waals surface area contributed by atoms with E-state index in [4.69, 9.17) is 28.4 Å². The molecule has 1 spiro atoms. The molecule has 5 atom stereocenters. The molecular formula is C37H38O6. The van der Waals surface area contributed by atoms with Crippen LogP contribution < -0.4 is 0 Å². The van der Waals surface area contributed by atoms with Crippen LogP contribution in [0.5, 0.6) is 0 Å². The second kappa shape index (κ2) is 14.6. The summed E-state index contributed by atoms with van der Waals surface area (Å²) in [5.74, 6) is -1.07. The first-order valence-corrected chi connectivity index (χ1v) is 14.9. The predicted octanol–water partition coefficient (Wildman–Crippen LogP) is 6.99. The van der Waals surface area contributed by atoms with E-state index in [1.54, 1.807) is 6.26 Å². The molecule has 6 nitrogen and oxygen atoms in total. The van der Waals surface area contributed by atoms with Gasteiger partial charge in [-0.05, 0) is 28.3 Å². The third kappa shape index (κ3) is 7.60. The average molecular weight is 579 g/mol. The van der Waals surface area contributed by atoms with Crippen molar-refractivity contribution in [3.05, 3.63) is 156 Å². The van der Waals surface area contributed by atoms with Gasteiger partial charge in [0.05, 0.1) is 39.3 Å². The third-order valence-corrected chi connectivity index (χ3v) is 7.78. The number of ether oxygens (including phenoxy) is 6. The Hall–Kier alpha value is -3.78. The molecule has 1 saturated heterocycles. The van der Waals surface area contributed by atoms with Crippen molar-refractivity contribution < 1.29 is 28.4 Å². The van der Waals surface area contributed by atoms with Crippen LogP contribution in [-0.2, 0) is 54.8 Å². The van der Waals surface area contributed by atoms with Crippen LogP contribution in [0.1, 0.15) is 28.7 Å². The molecule has 2 heterocycles. The molecule has 0 radical (unpaired) electrons. The molecule has 0 unspecified atom stereocenters. The van der Waals surface area contributed by atoms with E-state index in [9.17, 15) is 0 Å². The van der Waals surface area contributed by atoms with Crippen LogP contribution in [-0.4, -0.2) is 36.8 Å². The Bertz CT molecular complexity index is 1390. The van der Waals surface area contributed by atoms with E-state index in [1.165, 1.54) is 0 Å². The zero-order chi connectivity index (χ0) is 29.2. The first-order chi connectivity index (χ1) is 21.3. The first kappa shape index (κ1) is 29.3. The maximum absolute atomic E-state index is 6.82. The van der Waals surface area contributed by atoms with Gasteiger partial charge in [0.1, 0.15) is 18.3 Å². The summed E-state index contributed by atoms with van der Waals surface area (Å²) in [6.45, 7) is 1.93. The fourth-order valence-electron chi connectivity index (χ4n) is 5.60. The summed E-state index contributed by atoms with van der Waals surface area (Å²) in [4.78, 5) is 0. The third-order valence-electron chi connectivity index (χ3n) is 7.78. The van der Waals surface area contributed by atoms with Crippen molar-refractivity contribution in [2.45, 2.75) is 63.1 Å². The lowest BCUT2D eigenvalue weighted by Crippen LogP contribution is -2.67. The molecule has 0 N–H and O–H groups in total. The molecule has 6 rings (SSSR count). The van der Waals surface area contributed by atoms with Gasteiger partial charge < -0.3 is 28.4 Å². The lowest BCUT2D eigenvalue weighted by Gasteiger charge is -2.50. The summed E-state index contributed by atoms with van der Waals surface area (Å²) in [6.07, 6.45) is 2.16. The van der Waals surface area contributed by atoms with E-state index < -0.39 is 30.2 Å². The number of hydrogen-bond acceptors (Lipinski definition) is 6. The second-order valence-electron chi connectivity index (χ2n) is 10.9. The maximum Gasteiger partial charge on any atom is 0.242 e. The van der Waals surface area contributed by atoms with E-state index in [1.807, 2.05) is 91.0 Å². The lowest BCUT2D eigenvalue weighted by atomic mass is 9.90. The highest BCUT2D eigenvalue weighted by Crippen LogP contribution is 2.42. The number of hydrogen-bond donors (Lipinski definition) is 0. The highest BCUT2D eigenvalue weighted by molar-refractivity contribution is 5.17. The number of benzene rings is 4. The standard InChI is InChI=1S/C37H38O6/c1-5-14-29(15-6-1)24-38-28-33-34(39-25-30-16-7-2-8-17-30)35(40-26-31-18-9-3-10-19-31)36(37(43-33)22-13-23-42-37)41-27-32-20-11-4-12-21-32/h1-21,23,33-36H,22,24-28H2/t33-,34+,35+,36-,37+/m1/s1. The smallest absolute Gasteiger partial charge is 0.242 e. The maximum atomic E-state index is 6.82. The normalized spacial score (nSPS) is 24.7. The SMILES string of the molecule is C1=CO[C@@]2(C1)O[C@H](COCc1ccccc1)[C@H](OCc1ccccc1)[C@H](OCc1ccccc1)[C@H]2OCc1ccccc1. The second-order valence-corrected chi connectivity index (χ2v) is 10.9. The molecular weight excluding hydrogens is 540 g/mol. The van der Waals surface area contributed by atoms with Gasteiger partial charge in [-0.2, -0.15) is 0 Å². The molecule has 0 saturated carbocycles. The topological polar surface area (TPSA) is 55.4 Å². The van der Waals surface area contributed by atoms with E-state index in [-0.39, 0.29) is 0 Å². The Morgan fingerprint density at radius 1 is 0.558 bits per heavy atom. The Morgan fingerprint density at radius 3 is 1.51 bits per heavy atom. The monoisotopic (exact) mass is 578 g/mol. The van der Waals surface area contributed by atoms with Crippen LogP contribution in [0.3, 0.4) is 0 Å². The van der Waals surface area contributed by atoms with E-state index in [2.05, 4.69) is 36.4 Å². The van der Waals surface area contributed by atoms with Crippen LogP contribution in [0.2, 0.25) is 0 Å². The van der Waals surface area contributed by atoms with Crippen molar-refractivity contribution in [2.24, 2.45) is 0 Å². The molecule has 0 aromatic heterocycles. The summed E-state index contributed by atoms with van der Waals surface area (Å²) in [5.41, 5.74) is 4.28. The Kier molecular flexibility index (Phi) is 9.95. The minimum absolute atomic E-state index is 0.302. The first-order valence-electron chi connectivity index (χ1n) is 14.9. The summed E-state index contributed by atoms with van der Waals surface area (Å²) < 4.78 is 39.4. The van der Waals surface area contributed by atoms with Crippen LogP contribution >= 0.6 is 0 Å². The Labute approximate surface area is 253 Å². The van der Waals surface area contributed by atoms with Gasteiger partial charge in [0.15, 0.2) is 6.10 Å². The molecule has 1 fully saturated rings. The van der Waals surface area contributed by atoms with Gasteiger partial charge in [-0.3, -0.25) is 0 Å². The van der Waals surface area contributed by atoms with Crippen molar-refractivity contribution in [1.82, 2.24) is 0 Å². The Balaban J connectivity index is 1.29. The van der Waals surface area contributed by atoms with Crippen molar-refractivity contribution in [1.29, 1.82) is 0 Å². The van der Waals surface area contributed by atoms with E-state index in [0.717, 1.165) is 22.3 Å². The predicted molar refractivity (Wildman–Crippen MR) is 164 cm³/mol. The van der Waals surface area contributed by atoms with Gasteiger partial charge in [-0.25, -0.2) is 0 Å². The molecule has 0 aliphatic carbocycles. The molecule has 6 heteroatoms. The van der Waals surface area contributed by atoms with Gasteiger partial charge in [-0.15, -0.1) is 0 Å².